The third-order valence-electron chi connectivity index (χ3n) is 3.77. The van der Waals surface area contributed by atoms with Gasteiger partial charge in [0.15, 0.2) is 0 Å². The van der Waals surface area contributed by atoms with Gasteiger partial charge in [-0.3, -0.25) is 9.59 Å². The summed E-state index contributed by atoms with van der Waals surface area (Å²) < 4.78 is 3.95. The van der Waals surface area contributed by atoms with Crippen molar-refractivity contribution >= 4 is 59.2 Å². The van der Waals surface area contributed by atoms with Crippen LogP contribution >= 0.6 is 36.3 Å². The number of nitrogens with two attached hydrogens (primary N) is 2. The standard InChI is InChI=1S/C13H23N7O2S.2ClH/c1-8(2)10(14)11(22)16-7-9(21)19-3-5-20(6-4-19)13-17-12(15)18-23-13;;/h8,10H,3-7,14H2,1-2H3,(H2,15,18)(H,16,22);2*1H/t10-;;/m0../s1. The summed E-state index contributed by atoms with van der Waals surface area (Å²) in [4.78, 5) is 31.8. The highest BCUT2D eigenvalue weighted by Crippen LogP contribution is 2.19. The molecule has 1 fully saturated rings. The lowest BCUT2D eigenvalue weighted by atomic mass is 10.1. The van der Waals surface area contributed by atoms with Gasteiger partial charge in [0.2, 0.25) is 22.9 Å². The van der Waals surface area contributed by atoms with Crippen molar-refractivity contribution in [3.8, 4) is 0 Å². The summed E-state index contributed by atoms with van der Waals surface area (Å²) in [5.74, 6) is -0.0947. The number of piperazine rings is 1. The van der Waals surface area contributed by atoms with Gasteiger partial charge >= 0.3 is 0 Å². The topological polar surface area (TPSA) is 130 Å². The van der Waals surface area contributed by atoms with E-state index in [2.05, 4.69) is 14.7 Å². The van der Waals surface area contributed by atoms with Crippen LogP contribution in [0.5, 0.6) is 0 Å². The Morgan fingerprint density at radius 1 is 1.24 bits per heavy atom. The normalized spacial score (nSPS) is 15.2. The van der Waals surface area contributed by atoms with Crippen LogP contribution in [0.25, 0.3) is 0 Å². The number of aromatic nitrogens is 2. The van der Waals surface area contributed by atoms with Crippen LogP contribution < -0.4 is 21.7 Å². The molecule has 1 aliphatic heterocycles. The SMILES string of the molecule is CC(C)[C@H](N)C(=O)NCC(=O)N1CCN(c2nc(N)ns2)CC1.Cl.Cl. The number of hydrogen-bond donors (Lipinski definition) is 3. The Morgan fingerprint density at radius 2 is 1.84 bits per heavy atom. The number of carbonyl (C=O) groups excluding carboxylic acids is 2. The van der Waals surface area contributed by atoms with Gasteiger partial charge in [0.1, 0.15) is 0 Å². The minimum Gasteiger partial charge on any atom is -0.367 e. The zero-order chi connectivity index (χ0) is 17.0. The number of hydrogen-bond acceptors (Lipinski definition) is 8. The number of nitrogen functional groups attached to an aromatic ring is 1. The predicted octanol–water partition coefficient (Wildman–Crippen LogP) is -0.288. The average Bonchev–Trinajstić information content (AvgIpc) is 2.98. The fourth-order valence-corrected chi connectivity index (χ4v) is 2.85. The summed E-state index contributed by atoms with van der Waals surface area (Å²) in [7, 11) is 0. The van der Waals surface area contributed by atoms with E-state index in [9.17, 15) is 9.59 Å². The van der Waals surface area contributed by atoms with E-state index in [1.807, 2.05) is 18.7 Å². The van der Waals surface area contributed by atoms with Crippen LogP contribution in [0.3, 0.4) is 0 Å². The number of nitrogens with one attached hydrogen (secondary N) is 1. The molecule has 9 nitrogen and oxygen atoms in total. The lowest BCUT2D eigenvalue weighted by Crippen LogP contribution is -2.52. The van der Waals surface area contributed by atoms with Crippen molar-refractivity contribution in [2.75, 3.05) is 43.4 Å². The third kappa shape index (κ3) is 6.46. The highest BCUT2D eigenvalue weighted by molar-refractivity contribution is 7.09. The molecule has 0 saturated carbocycles. The quantitative estimate of drug-likeness (QED) is 0.604. The van der Waals surface area contributed by atoms with Gasteiger partial charge in [-0.1, -0.05) is 13.8 Å². The first-order chi connectivity index (χ1) is 10.9. The van der Waals surface area contributed by atoms with E-state index in [-0.39, 0.29) is 55.0 Å². The first-order valence-electron chi connectivity index (χ1n) is 7.53. The number of amides is 2. The second kappa shape index (κ2) is 10.6. The molecule has 0 unspecified atom stereocenters. The van der Waals surface area contributed by atoms with Gasteiger partial charge in [-0.25, -0.2) is 0 Å². The van der Waals surface area contributed by atoms with Gasteiger partial charge in [0, 0.05) is 37.7 Å². The molecular weight excluding hydrogens is 389 g/mol. The first kappa shape index (κ1) is 23.6. The van der Waals surface area contributed by atoms with Crippen molar-refractivity contribution in [1.82, 2.24) is 19.6 Å². The molecule has 0 aromatic carbocycles. The van der Waals surface area contributed by atoms with Crippen LogP contribution in [0.2, 0.25) is 0 Å². The Bertz CT molecular complexity index is 564. The van der Waals surface area contributed by atoms with Crippen molar-refractivity contribution < 1.29 is 9.59 Å². The van der Waals surface area contributed by atoms with Crippen LogP contribution in [-0.4, -0.2) is 64.8 Å². The van der Waals surface area contributed by atoms with Crippen LogP contribution in [0, 0.1) is 5.92 Å². The van der Waals surface area contributed by atoms with E-state index in [4.69, 9.17) is 11.5 Å². The van der Waals surface area contributed by atoms with E-state index in [0.717, 1.165) is 5.13 Å². The molecule has 12 heteroatoms. The lowest BCUT2D eigenvalue weighted by Gasteiger charge is -2.34. The van der Waals surface area contributed by atoms with Crippen LogP contribution in [0.1, 0.15) is 13.8 Å². The number of halogens is 2. The molecule has 0 radical (unpaired) electrons. The maximum absolute atomic E-state index is 12.1. The summed E-state index contributed by atoms with van der Waals surface area (Å²) in [6, 6.07) is -0.595. The molecule has 2 heterocycles. The maximum Gasteiger partial charge on any atom is 0.242 e. The first-order valence-corrected chi connectivity index (χ1v) is 8.31. The second-order valence-corrected chi connectivity index (χ2v) is 6.52. The van der Waals surface area contributed by atoms with Crippen molar-refractivity contribution in [2.24, 2.45) is 11.7 Å². The van der Waals surface area contributed by atoms with Gasteiger partial charge in [-0.05, 0) is 5.92 Å². The molecule has 2 amide bonds. The fraction of sp³-hybridized carbons (Fsp3) is 0.692. The van der Waals surface area contributed by atoms with Crippen molar-refractivity contribution in [3.05, 3.63) is 0 Å². The second-order valence-electron chi connectivity index (χ2n) is 5.79. The van der Waals surface area contributed by atoms with E-state index in [0.29, 0.717) is 26.2 Å². The van der Waals surface area contributed by atoms with Gasteiger partial charge in [0.25, 0.3) is 0 Å². The molecule has 0 spiro atoms. The molecule has 144 valence electrons. The number of anilines is 2. The minimum absolute atomic E-state index is 0. The summed E-state index contributed by atoms with van der Waals surface area (Å²) in [5, 5.41) is 3.37. The molecule has 1 atom stereocenters. The Balaban J connectivity index is 0.00000288. The Hall–Kier alpha value is -1.36. The Kier molecular flexibility index (Phi) is 10.0. The van der Waals surface area contributed by atoms with Gasteiger partial charge in [0.05, 0.1) is 12.6 Å². The molecule has 5 N–H and O–H groups in total. The van der Waals surface area contributed by atoms with Gasteiger partial charge in [-0.2, -0.15) is 9.36 Å². The summed E-state index contributed by atoms with van der Waals surface area (Å²) >= 11 is 1.25. The average molecular weight is 414 g/mol. The third-order valence-corrected chi connectivity index (χ3v) is 4.56. The molecule has 1 aromatic rings. The number of carbonyl (C=O) groups is 2. The van der Waals surface area contributed by atoms with E-state index in [1.165, 1.54) is 11.5 Å². The molecule has 0 aliphatic carbocycles. The largest absolute Gasteiger partial charge is 0.367 e. The summed E-state index contributed by atoms with van der Waals surface area (Å²) in [6.45, 7) is 6.19. The molecule has 0 bridgehead atoms. The monoisotopic (exact) mass is 413 g/mol. The van der Waals surface area contributed by atoms with Crippen LogP contribution in [0.4, 0.5) is 11.1 Å². The number of nitrogens with zero attached hydrogens (tertiary/aromatic N) is 4. The fourth-order valence-electron chi connectivity index (χ4n) is 2.20. The smallest absolute Gasteiger partial charge is 0.242 e. The zero-order valence-corrected chi connectivity index (χ0v) is 16.6. The predicted molar refractivity (Wildman–Crippen MR) is 103 cm³/mol. The number of rotatable bonds is 5. The molecular formula is C13H25Cl2N7O2S. The van der Waals surface area contributed by atoms with Gasteiger partial charge < -0.3 is 26.6 Å². The highest BCUT2D eigenvalue weighted by Gasteiger charge is 2.24. The molecule has 25 heavy (non-hydrogen) atoms. The minimum atomic E-state index is -0.595. The van der Waals surface area contributed by atoms with Crippen LogP contribution in [-0.2, 0) is 9.59 Å². The van der Waals surface area contributed by atoms with E-state index < -0.39 is 6.04 Å². The Labute approximate surface area is 163 Å². The Morgan fingerprint density at radius 3 is 2.32 bits per heavy atom. The van der Waals surface area contributed by atoms with Crippen molar-refractivity contribution in [3.63, 3.8) is 0 Å². The highest BCUT2D eigenvalue weighted by atomic mass is 35.5. The van der Waals surface area contributed by atoms with Crippen molar-refractivity contribution in [1.29, 1.82) is 0 Å². The van der Waals surface area contributed by atoms with Crippen molar-refractivity contribution in [2.45, 2.75) is 19.9 Å². The molecule has 2 rings (SSSR count). The lowest BCUT2D eigenvalue weighted by molar-refractivity contribution is -0.133. The van der Waals surface area contributed by atoms with Crippen LogP contribution in [0.15, 0.2) is 0 Å². The molecule has 1 aromatic heterocycles. The van der Waals surface area contributed by atoms with E-state index in [1.54, 1.807) is 4.90 Å². The van der Waals surface area contributed by atoms with Gasteiger partial charge in [-0.15, -0.1) is 24.8 Å². The molecule has 1 aliphatic rings. The summed E-state index contributed by atoms with van der Waals surface area (Å²) in [5.41, 5.74) is 11.3. The zero-order valence-electron chi connectivity index (χ0n) is 14.2. The van der Waals surface area contributed by atoms with E-state index >= 15 is 0 Å². The maximum atomic E-state index is 12.1. The molecule has 1 saturated heterocycles. The summed E-state index contributed by atoms with van der Waals surface area (Å²) in [6.07, 6.45) is 0.